The number of ketones is 2. The molecule has 0 atom stereocenters. The summed E-state index contributed by atoms with van der Waals surface area (Å²) in [5.74, 6) is -0.0250. The SMILES string of the molecule is Cc1ccc2c(c1C)C(=O)C(c1cc(C(C)(C)C)c(O)c(C(C)(C)C)c1)=CC2=O. The van der Waals surface area contributed by atoms with Crippen LogP contribution in [0.15, 0.2) is 30.3 Å². The van der Waals surface area contributed by atoms with Gasteiger partial charge in [-0.2, -0.15) is 0 Å². The molecule has 0 heterocycles. The summed E-state index contributed by atoms with van der Waals surface area (Å²) in [6, 6.07) is 7.34. The average Bonchev–Trinajstić information content (AvgIpc) is 2.58. The maximum absolute atomic E-state index is 13.5. The number of aromatic hydroxyl groups is 1. The molecule has 29 heavy (non-hydrogen) atoms. The number of carbonyl (C=O) groups is 2. The summed E-state index contributed by atoms with van der Waals surface area (Å²) in [4.78, 5) is 26.3. The maximum Gasteiger partial charge on any atom is 0.194 e. The standard InChI is InChI=1S/C26H30O3/c1-14-9-10-17-21(27)13-18(23(28)22(17)15(14)2)16-11-19(25(3,4)5)24(29)20(12-16)26(6,7)8/h9-13,29H,1-8H3. The van der Waals surface area contributed by atoms with Gasteiger partial charge < -0.3 is 5.11 Å². The highest BCUT2D eigenvalue weighted by Gasteiger charge is 2.32. The number of Topliss-reactive ketones (excluding diaryl/α,β-unsaturated/α-hetero) is 1. The maximum atomic E-state index is 13.5. The van der Waals surface area contributed by atoms with Crippen molar-refractivity contribution >= 4 is 17.1 Å². The molecule has 152 valence electrons. The summed E-state index contributed by atoms with van der Waals surface area (Å²) >= 11 is 0. The number of phenols is 1. The minimum absolute atomic E-state index is 0.133. The normalized spacial score (nSPS) is 14.7. The monoisotopic (exact) mass is 390 g/mol. The minimum atomic E-state index is -0.313. The molecule has 1 aliphatic rings. The third kappa shape index (κ3) is 3.55. The van der Waals surface area contributed by atoms with Crippen molar-refractivity contribution in [1.82, 2.24) is 0 Å². The number of carbonyl (C=O) groups excluding carboxylic acids is 2. The summed E-state index contributed by atoms with van der Waals surface area (Å²) in [6.07, 6.45) is 1.45. The van der Waals surface area contributed by atoms with Gasteiger partial charge >= 0.3 is 0 Å². The van der Waals surface area contributed by atoms with Gasteiger partial charge in [-0.15, -0.1) is 0 Å². The Bertz CT molecular complexity index is 1040. The van der Waals surface area contributed by atoms with E-state index in [0.29, 0.717) is 22.3 Å². The molecule has 3 nitrogen and oxygen atoms in total. The van der Waals surface area contributed by atoms with Crippen LogP contribution in [-0.4, -0.2) is 16.7 Å². The zero-order chi connectivity index (χ0) is 21.9. The molecule has 0 aliphatic heterocycles. The third-order valence-corrected chi connectivity index (χ3v) is 5.79. The fraction of sp³-hybridized carbons (Fsp3) is 0.385. The zero-order valence-corrected chi connectivity index (χ0v) is 18.7. The lowest BCUT2D eigenvalue weighted by Crippen LogP contribution is -2.21. The number of benzene rings is 2. The Morgan fingerprint density at radius 1 is 0.828 bits per heavy atom. The molecule has 0 spiro atoms. The number of rotatable bonds is 1. The van der Waals surface area contributed by atoms with E-state index in [1.165, 1.54) is 6.08 Å². The molecule has 0 radical (unpaired) electrons. The number of phenolic OH excluding ortho intramolecular Hbond substituents is 1. The van der Waals surface area contributed by atoms with Crippen LogP contribution in [0.4, 0.5) is 0 Å². The molecule has 1 aliphatic carbocycles. The predicted octanol–water partition coefficient (Wildman–Crippen LogP) is 6.07. The highest BCUT2D eigenvalue weighted by molar-refractivity contribution is 6.39. The lowest BCUT2D eigenvalue weighted by Gasteiger charge is -2.29. The molecule has 3 heteroatoms. The van der Waals surface area contributed by atoms with Gasteiger partial charge in [0, 0.05) is 27.8 Å². The minimum Gasteiger partial charge on any atom is -0.507 e. The number of aryl methyl sites for hydroxylation is 1. The summed E-state index contributed by atoms with van der Waals surface area (Å²) in [6.45, 7) is 16.0. The summed E-state index contributed by atoms with van der Waals surface area (Å²) in [5.41, 5.74) is 4.79. The molecule has 1 N–H and O–H groups in total. The molecule has 0 unspecified atom stereocenters. The first-order chi connectivity index (χ1) is 13.2. The van der Waals surface area contributed by atoms with E-state index >= 15 is 0 Å². The topological polar surface area (TPSA) is 54.4 Å². The van der Waals surface area contributed by atoms with E-state index in [9.17, 15) is 14.7 Å². The first kappa shape index (κ1) is 21.0. The van der Waals surface area contributed by atoms with E-state index in [4.69, 9.17) is 0 Å². The van der Waals surface area contributed by atoms with Crippen LogP contribution < -0.4 is 0 Å². The lowest BCUT2D eigenvalue weighted by molar-refractivity contribution is 0.100. The van der Waals surface area contributed by atoms with Crippen molar-refractivity contribution in [3.05, 3.63) is 69.3 Å². The van der Waals surface area contributed by atoms with Crippen molar-refractivity contribution in [3.8, 4) is 5.75 Å². The Balaban J connectivity index is 2.30. The highest BCUT2D eigenvalue weighted by atomic mass is 16.3. The molecule has 2 aromatic rings. The van der Waals surface area contributed by atoms with Gasteiger partial charge in [0.1, 0.15) is 5.75 Å². The number of allylic oxidation sites excluding steroid dienone is 2. The molecule has 0 saturated carbocycles. The zero-order valence-electron chi connectivity index (χ0n) is 18.7. The Kier molecular flexibility index (Phi) is 4.85. The van der Waals surface area contributed by atoms with Gasteiger partial charge in [-0.05, 0) is 59.6 Å². The van der Waals surface area contributed by atoms with Crippen LogP contribution in [0, 0.1) is 13.8 Å². The molecule has 2 aromatic carbocycles. The van der Waals surface area contributed by atoms with Crippen molar-refractivity contribution in [1.29, 1.82) is 0 Å². The molecule has 3 rings (SSSR count). The van der Waals surface area contributed by atoms with Crippen molar-refractivity contribution in [2.75, 3.05) is 0 Å². The van der Waals surface area contributed by atoms with E-state index < -0.39 is 0 Å². The Hall–Kier alpha value is -2.68. The highest BCUT2D eigenvalue weighted by Crippen LogP contribution is 2.42. The average molecular weight is 391 g/mol. The van der Waals surface area contributed by atoms with Gasteiger partial charge in [-0.1, -0.05) is 53.7 Å². The Labute approximate surface area is 173 Å². The smallest absolute Gasteiger partial charge is 0.194 e. The van der Waals surface area contributed by atoms with E-state index in [1.54, 1.807) is 6.07 Å². The van der Waals surface area contributed by atoms with Crippen LogP contribution in [-0.2, 0) is 10.8 Å². The van der Waals surface area contributed by atoms with Crippen molar-refractivity contribution in [3.63, 3.8) is 0 Å². The molecule has 0 aromatic heterocycles. The van der Waals surface area contributed by atoms with Crippen LogP contribution in [0.5, 0.6) is 5.75 Å². The van der Waals surface area contributed by atoms with Crippen LogP contribution in [0.25, 0.3) is 5.57 Å². The number of fused-ring (bicyclic) bond motifs is 1. The first-order valence-electron chi connectivity index (χ1n) is 10.0. The van der Waals surface area contributed by atoms with Gasteiger partial charge in [0.15, 0.2) is 11.6 Å². The van der Waals surface area contributed by atoms with E-state index in [-0.39, 0.29) is 28.1 Å². The number of hydrogen-bond donors (Lipinski definition) is 1. The van der Waals surface area contributed by atoms with Crippen molar-refractivity contribution in [2.45, 2.75) is 66.2 Å². The van der Waals surface area contributed by atoms with Crippen molar-refractivity contribution < 1.29 is 14.7 Å². The Morgan fingerprint density at radius 2 is 1.34 bits per heavy atom. The summed E-state index contributed by atoms with van der Waals surface area (Å²) in [5, 5.41) is 11.0. The van der Waals surface area contributed by atoms with Crippen LogP contribution in [0.3, 0.4) is 0 Å². The van der Waals surface area contributed by atoms with Gasteiger partial charge in [0.2, 0.25) is 0 Å². The third-order valence-electron chi connectivity index (χ3n) is 5.79. The van der Waals surface area contributed by atoms with Gasteiger partial charge in [0.05, 0.1) is 0 Å². The van der Waals surface area contributed by atoms with Gasteiger partial charge in [-0.3, -0.25) is 9.59 Å². The fourth-order valence-electron chi connectivity index (χ4n) is 3.87. The fourth-order valence-corrected chi connectivity index (χ4v) is 3.87. The van der Waals surface area contributed by atoms with Gasteiger partial charge in [0.25, 0.3) is 0 Å². The largest absolute Gasteiger partial charge is 0.507 e. The quantitative estimate of drug-likeness (QED) is 0.643. The lowest BCUT2D eigenvalue weighted by atomic mass is 9.76. The predicted molar refractivity (Wildman–Crippen MR) is 118 cm³/mol. The van der Waals surface area contributed by atoms with Crippen molar-refractivity contribution in [2.24, 2.45) is 0 Å². The van der Waals surface area contributed by atoms with E-state index in [1.807, 2.05) is 73.6 Å². The summed E-state index contributed by atoms with van der Waals surface area (Å²) < 4.78 is 0. The molecular weight excluding hydrogens is 360 g/mol. The second-order valence-electron chi connectivity index (χ2n) is 10.1. The molecule has 0 saturated heterocycles. The second-order valence-corrected chi connectivity index (χ2v) is 10.1. The second kappa shape index (κ2) is 6.69. The van der Waals surface area contributed by atoms with Crippen LogP contribution in [0.1, 0.15) is 90.1 Å². The first-order valence-corrected chi connectivity index (χ1v) is 10.0. The number of hydrogen-bond acceptors (Lipinski definition) is 3. The molecular formula is C26H30O3. The van der Waals surface area contributed by atoms with E-state index in [0.717, 1.165) is 22.3 Å². The van der Waals surface area contributed by atoms with Crippen LogP contribution in [0.2, 0.25) is 0 Å². The Morgan fingerprint density at radius 3 is 1.83 bits per heavy atom. The molecule has 0 fully saturated rings. The summed E-state index contributed by atoms with van der Waals surface area (Å²) in [7, 11) is 0. The van der Waals surface area contributed by atoms with Gasteiger partial charge in [-0.25, -0.2) is 0 Å². The molecule has 0 bridgehead atoms. The molecule has 0 amide bonds. The van der Waals surface area contributed by atoms with E-state index in [2.05, 4.69) is 0 Å². The van der Waals surface area contributed by atoms with Crippen LogP contribution >= 0.6 is 0 Å².